The molecule has 2 bridgehead atoms. The molecule has 2 atom stereocenters. The van der Waals surface area contributed by atoms with Gasteiger partial charge in [-0.2, -0.15) is 0 Å². The number of piperidine rings is 3. The van der Waals surface area contributed by atoms with E-state index in [9.17, 15) is 9.59 Å². The third-order valence-electron chi connectivity index (χ3n) is 7.24. The summed E-state index contributed by atoms with van der Waals surface area (Å²) < 4.78 is 6.88. The van der Waals surface area contributed by atoms with Crippen molar-refractivity contribution in [1.29, 1.82) is 0 Å². The highest BCUT2D eigenvalue weighted by molar-refractivity contribution is 5.96. The Morgan fingerprint density at radius 2 is 1.59 bits per heavy atom. The van der Waals surface area contributed by atoms with E-state index in [0.29, 0.717) is 29.1 Å². The number of carbonyl (C=O) groups is 2. The third kappa shape index (κ3) is 4.87. The van der Waals surface area contributed by atoms with Gasteiger partial charge in [0.2, 0.25) is 5.78 Å². The molecule has 1 aromatic heterocycles. The summed E-state index contributed by atoms with van der Waals surface area (Å²) in [7, 11) is 0. The molecule has 6 heteroatoms. The maximum atomic E-state index is 13.5. The molecule has 3 aromatic rings. The first-order chi connectivity index (χ1) is 16.6. The fourth-order valence-electron chi connectivity index (χ4n) is 5.35. The van der Waals surface area contributed by atoms with Gasteiger partial charge in [-0.25, -0.2) is 4.79 Å². The van der Waals surface area contributed by atoms with Crippen molar-refractivity contribution in [3.63, 3.8) is 0 Å². The van der Waals surface area contributed by atoms with Crippen molar-refractivity contribution in [3.05, 3.63) is 96.3 Å². The molecule has 4 heterocycles. The van der Waals surface area contributed by atoms with Gasteiger partial charge in [-0.1, -0.05) is 48.5 Å². The van der Waals surface area contributed by atoms with E-state index in [4.69, 9.17) is 4.74 Å². The number of pyridine rings is 1. The Labute approximate surface area is 200 Å². The third-order valence-corrected chi connectivity index (χ3v) is 7.24. The molecule has 0 aliphatic carbocycles. The number of nitrogens with one attached hydrogen (secondary N) is 1. The van der Waals surface area contributed by atoms with E-state index in [-0.39, 0.29) is 17.9 Å². The van der Waals surface area contributed by atoms with Crippen LogP contribution in [0.1, 0.15) is 34.8 Å². The minimum absolute atomic E-state index is 0.126. The molecule has 2 unspecified atom stereocenters. The zero-order chi connectivity index (χ0) is 23.4. The molecule has 0 amide bonds. The number of hydrogen-bond donors (Lipinski definition) is 1. The van der Waals surface area contributed by atoms with E-state index in [2.05, 4.69) is 10.3 Å². The van der Waals surface area contributed by atoms with Crippen LogP contribution in [0.25, 0.3) is 0 Å². The number of benzene rings is 2. The van der Waals surface area contributed by atoms with Gasteiger partial charge in [-0.05, 0) is 29.8 Å². The average molecular weight is 457 g/mol. The standard InChI is InChI=1S/C28H30N3O3/c32-25(21-11-15-29-16-12-21)19-31-17-13-22(14-18-31)26(20-31)34-28(33)27(23-7-3-1-4-8-23)30-24-9-5-2-6-10-24/h1-12,15-16,22,26-27,30H,13-14,17-20H2/q+1. The normalized spacial score (nSPS) is 24.2. The van der Waals surface area contributed by atoms with Gasteiger partial charge in [0.15, 0.2) is 12.1 Å². The van der Waals surface area contributed by atoms with Crippen molar-refractivity contribution in [2.45, 2.75) is 25.0 Å². The van der Waals surface area contributed by atoms with Crippen molar-refractivity contribution in [1.82, 2.24) is 4.98 Å². The van der Waals surface area contributed by atoms with E-state index < -0.39 is 6.04 Å². The molecular formula is C28H30N3O3+. The molecule has 2 aromatic carbocycles. The number of ether oxygens (including phenoxy) is 1. The molecule has 3 aliphatic rings. The predicted octanol–water partition coefficient (Wildman–Crippen LogP) is 4.27. The summed E-state index contributed by atoms with van der Waals surface area (Å²) in [6, 6.07) is 22.4. The van der Waals surface area contributed by atoms with Crippen LogP contribution in [0.3, 0.4) is 0 Å². The van der Waals surface area contributed by atoms with E-state index in [1.54, 1.807) is 24.5 Å². The minimum atomic E-state index is -0.592. The van der Waals surface area contributed by atoms with Crippen LogP contribution in [0.5, 0.6) is 0 Å². The Hall–Kier alpha value is -3.51. The molecular weight excluding hydrogens is 426 g/mol. The molecule has 6 nitrogen and oxygen atoms in total. The maximum absolute atomic E-state index is 13.5. The number of hydrogen-bond acceptors (Lipinski definition) is 5. The number of aromatic nitrogens is 1. The Morgan fingerprint density at radius 3 is 2.26 bits per heavy atom. The second kappa shape index (κ2) is 9.77. The summed E-state index contributed by atoms with van der Waals surface area (Å²) in [6.45, 7) is 3.05. The highest BCUT2D eigenvalue weighted by Crippen LogP contribution is 2.36. The largest absolute Gasteiger partial charge is 0.454 e. The van der Waals surface area contributed by atoms with Crippen LogP contribution >= 0.6 is 0 Å². The van der Waals surface area contributed by atoms with Gasteiger partial charge >= 0.3 is 5.97 Å². The summed E-state index contributed by atoms with van der Waals surface area (Å²) >= 11 is 0. The van der Waals surface area contributed by atoms with Gasteiger partial charge < -0.3 is 14.5 Å². The van der Waals surface area contributed by atoms with Crippen molar-refractivity contribution >= 4 is 17.4 Å². The number of quaternary nitrogens is 1. The predicted molar refractivity (Wildman–Crippen MR) is 130 cm³/mol. The van der Waals surface area contributed by atoms with Crippen LogP contribution in [-0.2, 0) is 9.53 Å². The molecule has 174 valence electrons. The van der Waals surface area contributed by atoms with E-state index >= 15 is 0 Å². The molecule has 1 N–H and O–H groups in total. The van der Waals surface area contributed by atoms with Crippen LogP contribution in [0.4, 0.5) is 5.69 Å². The lowest BCUT2D eigenvalue weighted by molar-refractivity contribution is -0.938. The van der Waals surface area contributed by atoms with Gasteiger partial charge in [-0.3, -0.25) is 9.78 Å². The lowest BCUT2D eigenvalue weighted by atomic mass is 9.82. The Morgan fingerprint density at radius 1 is 0.941 bits per heavy atom. The van der Waals surface area contributed by atoms with Gasteiger partial charge in [0.1, 0.15) is 13.1 Å². The van der Waals surface area contributed by atoms with Crippen molar-refractivity contribution in [2.24, 2.45) is 5.92 Å². The van der Waals surface area contributed by atoms with Gasteiger partial charge in [0.05, 0.1) is 13.1 Å². The van der Waals surface area contributed by atoms with Crippen LogP contribution in [-0.4, -0.2) is 53.5 Å². The Bertz CT molecular complexity index is 1110. The summed E-state index contributed by atoms with van der Waals surface area (Å²) in [5, 5.41) is 3.35. The van der Waals surface area contributed by atoms with E-state index in [1.165, 1.54) is 0 Å². The van der Waals surface area contributed by atoms with Gasteiger partial charge in [0.25, 0.3) is 0 Å². The van der Waals surface area contributed by atoms with Gasteiger partial charge in [0, 0.05) is 42.4 Å². The smallest absolute Gasteiger partial charge is 0.333 e. The Kier molecular flexibility index (Phi) is 6.41. The molecule has 0 saturated carbocycles. The number of esters is 1. The Balaban J connectivity index is 1.31. The summed E-state index contributed by atoms with van der Waals surface area (Å²) in [5.41, 5.74) is 2.43. The number of ketones is 1. The zero-order valence-electron chi connectivity index (χ0n) is 19.2. The first-order valence-corrected chi connectivity index (χ1v) is 12.0. The lowest BCUT2D eigenvalue weighted by Gasteiger charge is -2.51. The number of nitrogens with zero attached hydrogens (tertiary/aromatic N) is 2. The first kappa shape index (κ1) is 22.3. The quantitative estimate of drug-likeness (QED) is 0.312. The number of carbonyl (C=O) groups excluding carboxylic acids is 2. The lowest BCUT2D eigenvalue weighted by Crippen LogP contribution is -2.65. The average Bonchev–Trinajstić information content (AvgIpc) is 2.89. The highest BCUT2D eigenvalue weighted by Gasteiger charge is 2.49. The minimum Gasteiger partial charge on any atom is -0.454 e. The van der Waals surface area contributed by atoms with Crippen molar-refractivity contribution < 1.29 is 18.8 Å². The fourth-order valence-corrected chi connectivity index (χ4v) is 5.35. The second-order valence-corrected chi connectivity index (χ2v) is 9.46. The SMILES string of the molecule is O=C(C[N+]12CCC(CC1)C(OC(=O)C(Nc1ccccc1)c1ccccc1)C2)c1ccncc1. The topological polar surface area (TPSA) is 68.3 Å². The molecule has 3 fully saturated rings. The monoisotopic (exact) mass is 456 g/mol. The van der Waals surface area contributed by atoms with Crippen LogP contribution in [0, 0.1) is 5.92 Å². The summed E-state index contributed by atoms with van der Waals surface area (Å²) in [4.78, 5) is 30.4. The van der Waals surface area contributed by atoms with E-state index in [0.717, 1.165) is 37.2 Å². The molecule has 3 aliphatic heterocycles. The number of para-hydroxylation sites is 1. The van der Waals surface area contributed by atoms with Gasteiger partial charge in [-0.15, -0.1) is 0 Å². The number of anilines is 1. The molecule has 6 rings (SSSR count). The van der Waals surface area contributed by atoms with Crippen molar-refractivity contribution in [3.8, 4) is 0 Å². The van der Waals surface area contributed by atoms with E-state index in [1.807, 2.05) is 60.7 Å². The van der Waals surface area contributed by atoms with Crippen LogP contribution in [0.2, 0.25) is 0 Å². The number of fused-ring (bicyclic) bond motifs is 3. The van der Waals surface area contributed by atoms with Crippen molar-refractivity contribution in [2.75, 3.05) is 31.5 Å². The highest BCUT2D eigenvalue weighted by atomic mass is 16.5. The number of Topliss-reactive ketones (excluding diaryl/α,β-unsaturated/α-hetero) is 1. The molecule has 34 heavy (non-hydrogen) atoms. The number of rotatable bonds is 8. The molecule has 0 spiro atoms. The maximum Gasteiger partial charge on any atom is 0.333 e. The second-order valence-electron chi connectivity index (χ2n) is 9.46. The first-order valence-electron chi connectivity index (χ1n) is 12.0. The summed E-state index contributed by atoms with van der Waals surface area (Å²) in [5.74, 6) is 0.210. The zero-order valence-corrected chi connectivity index (χ0v) is 19.2. The summed E-state index contributed by atoms with van der Waals surface area (Å²) in [6.07, 6.45) is 5.09. The molecule has 3 saturated heterocycles. The molecule has 0 radical (unpaired) electrons. The van der Waals surface area contributed by atoms with Crippen LogP contribution in [0.15, 0.2) is 85.2 Å². The van der Waals surface area contributed by atoms with Crippen LogP contribution < -0.4 is 5.32 Å². The fraction of sp³-hybridized carbons (Fsp3) is 0.321.